The minimum atomic E-state index is -0.731. The lowest BCUT2D eigenvalue weighted by Gasteiger charge is -1.97. The van der Waals surface area contributed by atoms with Crippen molar-refractivity contribution < 1.29 is 35.7 Å². The Kier molecular flexibility index (Phi) is 67.4. The normalized spacial score (nSPS) is 12.8. The highest BCUT2D eigenvalue weighted by Crippen LogP contribution is 1.69. The van der Waals surface area contributed by atoms with E-state index < -0.39 is 6.10 Å². The Labute approximate surface area is 181 Å². The molecule has 1 unspecified atom stereocenters. The zero-order valence-corrected chi connectivity index (χ0v) is 19.0. The van der Waals surface area contributed by atoms with Crippen molar-refractivity contribution in [3.8, 4) is 0 Å². The molecule has 13 nitrogen and oxygen atoms in total. The molecular weight excluding hydrogens is 400 g/mol. The third-order valence-corrected chi connectivity index (χ3v) is 1.94. The molecular formula is C17H52N6O7. The van der Waals surface area contributed by atoms with Crippen LogP contribution >= 0.6 is 0 Å². The number of aliphatic hydroxyl groups is 7. The molecule has 13 heteroatoms. The average Bonchev–Trinajstić information content (AvgIpc) is 2.75. The molecule has 0 aromatic heterocycles. The lowest BCUT2D eigenvalue weighted by molar-refractivity contribution is 0.102. The van der Waals surface area contributed by atoms with Gasteiger partial charge in [0.25, 0.3) is 0 Å². The van der Waals surface area contributed by atoms with Gasteiger partial charge in [0, 0.05) is 38.8 Å². The molecule has 0 amide bonds. The maximum atomic E-state index is 8.29. The number of hydrogen-bond donors (Lipinski definition) is 13. The maximum Gasteiger partial charge on any atom is 0.0892 e. The van der Waals surface area contributed by atoms with E-state index in [2.05, 4.69) is 0 Å². The molecule has 0 aromatic carbocycles. The molecule has 0 aliphatic carbocycles. The van der Waals surface area contributed by atoms with Crippen molar-refractivity contribution in [1.29, 1.82) is 0 Å². The molecule has 0 heterocycles. The van der Waals surface area contributed by atoms with Crippen LogP contribution in [0.3, 0.4) is 0 Å². The summed E-state index contributed by atoms with van der Waals surface area (Å²) < 4.78 is 0. The summed E-state index contributed by atoms with van der Waals surface area (Å²) in [5.41, 5.74) is 29.5. The van der Waals surface area contributed by atoms with Gasteiger partial charge in [-0.1, -0.05) is 0 Å². The fourth-order valence-corrected chi connectivity index (χ4v) is 0.166. The first-order chi connectivity index (χ1) is 13.9. The smallest absolute Gasteiger partial charge is 0.0892 e. The minimum absolute atomic E-state index is 0.0602. The summed E-state index contributed by atoms with van der Waals surface area (Å²) in [4.78, 5) is 0. The third-order valence-electron chi connectivity index (χ3n) is 1.94. The van der Waals surface area contributed by atoms with Crippen LogP contribution < -0.4 is 34.4 Å². The highest BCUT2D eigenvalue weighted by atomic mass is 16.3. The van der Waals surface area contributed by atoms with Crippen molar-refractivity contribution in [2.75, 3.05) is 59.2 Å². The van der Waals surface area contributed by atoms with Crippen molar-refractivity contribution in [3.05, 3.63) is 0 Å². The molecule has 0 spiro atoms. The number of nitrogens with two attached hydrogens (primary N) is 6. The molecule has 0 aromatic rings. The third kappa shape index (κ3) is 124. The van der Waals surface area contributed by atoms with E-state index in [1.807, 2.05) is 0 Å². The average molecular weight is 453 g/mol. The Balaban J connectivity index is -0.0000000578. The summed E-state index contributed by atoms with van der Waals surface area (Å²) in [6.07, 6.45) is -0.685. The van der Waals surface area contributed by atoms with Gasteiger partial charge >= 0.3 is 0 Å². The van der Waals surface area contributed by atoms with E-state index in [0.29, 0.717) is 26.2 Å². The van der Waals surface area contributed by atoms with Gasteiger partial charge in [-0.3, -0.25) is 0 Å². The van der Waals surface area contributed by atoms with E-state index in [-0.39, 0.29) is 51.2 Å². The van der Waals surface area contributed by atoms with Crippen molar-refractivity contribution in [2.24, 2.45) is 34.4 Å². The van der Waals surface area contributed by atoms with E-state index >= 15 is 0 Å². The van der Waals surface area contributed by atoms with Crippen LogP contribution in [0.5, 0.6) is 0 Å². The fraction of sp³-hybridized carbons (Fsp3) is 1.00. The topological polar surface area (TPSA) is 298 Å². The minimum Gasteiger partial charge on any atom is -0.396 e. The van der Waals surface area contributed by atoms with Gasteiger partial charge in [-0.15, -0.1) is 0 Å². The summed E-state index contributed by atoms with van der Waals surface area (Å²) in [6.45, 7) is 7.04. The van der Waals surface area contributed by atoms with E-state index in [9.17, 15) is 0 Å². The van der Waals surface area contributed by atoms with E-state index in [1.54, 1.807) is 20.8 Å². The quantitative estimate of drug-likeness (QED) is 0.164. The van der Waals surface area contributed by atoms with Crippen LogP contribution in [0.15, 0.2) is 0 Å². The van der Waals surface area contributed by atoms with Crippen molar-refractivity contribution >= 4 is 0 Å². The molecule has 0 radical (unpaired) electrons. The Hall–Kier alpha value is -0.520. The van der Waals surface area contributed by atoms with E-state index in [4.69, 9.17) is 70.1 Å². The number of hydrogen-bond acceptors (Lipinski definition) is 13. The van der Waals surface area contributed by atoms with Crippen molar-refractivity contribution in [2.45, 2.75) is 51.5 Å². The predicted molar refractivity (Wildman–Crippen MR) is 121 cm³/mol. The summed E-state index contributed by atoms with van der Waals surface area (Å²) in [5, 5.41) is 56.5. The van der Waals surface area contributed by atoms with Gasteiger partial charge in [0.05, 0.1) is 38.1 Å². The van der Waals surface area contributed by atoms with Gasteiger partial charge in [0.1, 0.15) is 0 Å². The van der Waals surface area contributed by atoms with E-state index in [0.717, 1.165) is 6.42 Å². The lowest BCUT2D eigenvalue weighted by Crippen LogP contribution is -2.22. The number of aliphatic hydroxyl groups excluding tert-OH is 7. The van der Waals surface area contributed by atoms with Crippen LogP contribution in [0.4, 0.5) is 0 Å². The van der Waals surface area contributed by atoms with Crippen molar-refractivity contribution in [3.63, 3.8) is 0 Å². The van der Waals surface area contributed by atoms with Gasteiger partial charge in [0.2, 0.25) is 0 Å². The van der Waals surface area contributed by atoms with Gasteiger partial charge in [-0.2, -0.15) is 0 Å². The molecule has 0 saturated heterocycles. The molecule has 0 aliphatic rings. The fourth-order valence-electron chi connectivity index (χ4n) is 0.166. The van der Waals surface area contributed by atoms with Crippen LogP contribution in [0.2, 0.25) is 0 Å². The summed E-state index contributed by atoms with van der Waals surface area (Å²) in [6, 6.07) is -0.0602. The second-order valence-corrected chi connectivity index (χ2v) is 5.78. The maximum absolute atomic E-state index is 8.29. The Morgan fingerprint density at radius 3 is 0.900 bits per heavy atom. The van der Waals surface area contributed by atoms with Gasteiger partial charge in [-0.25, -0.2) is 0 Å². The van der Waals surface area contributed by atoms with Gasteiger partial charge in [-0.05, 0) is 33.7 Å². The molecule has 0 fully saturated rings. The first-order valence-electron chi connectivity index (χ1n) is 9.69. The zero-order chi connectivity index (χ0) is 25.4. The van der Waals surface area contributed by atoms with Crippen LogP contribution in [0.1, 0.15) is 27.2 Å². The summed E-state index contributed by atoms with van der Waals surface area (Å²) >= 11 is 0. The first kappa shape index (κ1) is 43.4. The Morgan fingerprint density at radius 1 is 0.600 bits per heavy atom. The van der Waals surface area contributed by atoms with Crippen LogP contribution in [0.25, 0.3) is 0 Å². The molecule has 4 atom stereocenters. The first-order valence-corrected chi connectivity index (χ1v) is 9.69. The summed E-state index contributed by atoms with van der Waals surface area (Å²) in [7, 11) is 0. The molecule has 0 rings (SSSR count). The molecule has 0 aliphatic heterocycles. The standard InChI is InChI=1S/C3H9NO2.4C3H9NO.C2H7NO/c4-1-3(6)2-5;1-3(4)2-5;2*1-3(5)2-4;4-2-1-3-5;3-1-2-4/h3,5-6H,1-2,4H2;3*3,5H,2,4H2,1H3;5H,1-4H2;4H,1-3H2/t;3*3-;;/m.010../s1. The van der Waals surface area contributed by atoms with Crippen LogP contribution in [-0.4, -0.2) is 119 Å². The van der Waals surface area contributed by atoms with Gasteiger partial charge in [0.15, 0.2) is 0 Å². The zero-order valence-electron chi connectivity index (χ0n) is 19.0. The molecule has 30 heavy (non-hydrogen) atoms. The molecule has 0 saturated carbocycles. The van der Waals surface area contributed by atoms with Gasteiger partial charge < -0.3 is 70.1 Å². The highest BCUT2D eigenvalue weighted by Gasteiger charge is 1.92. The Morgan fingerprint density at radius 2 is 0.900 bits per heavy atom. The summed E-state index contributed by atoms with van der Waals surface area (Å²) in [5.74, 6) is 0. The molecule has 0 bridgehead atoms. The second-order valence-electron chi connectivity index (χ2n) is 5.78. The monoisotopic (exact) mass is 452 g/mol. The molecule has 19 N–H and O–H groups in total. The lowest BCUT2D eigenvalue weighted by atomic mass is 10.4. The SMILES string of the molecule is C[C@@H](O)CN.C[C@H](N)CO.C[C@H](O)CN.NCC(O)CO.NCCCO.NCCO. The Bertz CT molecular complexity index is 206. The van der Waals surface area contributed by atoms with Crippen LogP contribution in [0, 0.1) is 0 Å². The van der Waals surface area contributed by atoms with Crippen molar-refractivity contribution in [1.82, 2.24) is 0 Å². The predicted octanol–water partition coefficient (Wildman–Crippen LogP) is -5.46. The largest absolute Gasteiger partial charge is 0.396 e. The highest BCUT2D eigenvalue weighted by molar-refractivity contribution is 4.48. The molecule has 192 valence electrons. The second kappa shape index (κ2) is 46.6. The van der Waals surface area contributed by atoms with E-state index in [1.165, 1.54) is 0 Å². The number of rotatable bonds is 8. The van der Waals surface area contributed by atoms with Crippen LogP contribution in [-0.2, 0) is 0 Å².